The second-order valence-corrected chi connectivity index (χ2v) is 8.17. The Morgan fingerprint density at radius 3 is 2.58 bits per heavy atom. The Labute approximate surface area is 177 Å². The van der Waals surface area contributed by atoms with Gasteiger partial charge in [0.2, 0.25) is 11.8 Å². The molecule has 0 spiro atoms. The number of aromatic nitrogens is 1. The molecule has 0 unspecified atom stereocenters. The van der Waals surface area contributed by atoms with Gasteiger partial charge in [0, 0.05) is 55.6 Å². The molecule has 2 aliphatic rings. The number of carbonyl (C=O) groups excluding carboxylic acids is 2. The van der Waals surface area contributed by atoms with Gasteiger partial charge in [-0.15, -0.1) is 0 Å². The molecule has 1 atom stereocenters. The monoisotopic (exact) mass is 437 g/mol. The van der Waals surface area contributed by atoms with E-state index in [-0.39, 0.29) is 37.4 Å². The summed E-state index contributed by atoms with van der Waals surface area (Å²) in [6.45, 7) is -0.818. The van der Waals surface area contributed by atoms with Crippen LogP contribution in [0, 0.1) is 17.2 Å². The third-order valence-electron chi connectivity index (χ3n) is 5.77. The number of pyridine rings is 1. The molecule has 0 N–H and O–H groups in total. The topological polar surface area (TPSA) is 74.1 Å². The number of nitriles is 1. The highest BCUT2D eigenvalue weighted by Crippen LogP contribution is 2.37. The number of Topliss-reactive ketones (excluding diaryl/α,β-unsaturated/α-hetero) is 1. The van der Waals surface area contributed by atoms with E-state index in [9.17, 15) is 27.2 Å². The van der Waals surface area contributed by atoms with Gasteiger partial charge in [-0.1, -0.05) is 12.2 Å². The zero-order valence-electron chi connectivity index (χ0n) is 16.9. The maximum absolute atomic E-state index is 13.5. The van der Waals surface area contributed by atoms with Crippen molar-refractivity contribution in [2.24, 2.45) is 5.92 Å². The molecule has 0 radical (unpaired) electrons. The number of alkyl halides is 4. The second kappa shape index (κ2) is 9.16. The van der Waals surface area contributed by atoms with Gasteiger partial charge in [0.25, 0.3) is 5.92 Å². The molecule has 5 nitrogen and oxygen atoms in total. The molecule has 1 aromatic rings. The van der Waals surface area contributed by atoms with Crippen LogP contribution in [0.15, 0.2) is 24.5 Å². The first-order valence-corrected chi connectivity index (χ1v) is 10.2. The molecule has 1 aliphatic carbocycles. The Morgan fingerprint density at radius 1 is 1.19 bits per heavy atom. The minimum absolute atomic E-state index is 0.0101. The molecule has 3 rings (SSSR count). The van der Waals surface area contributed by atoms with E-state index in [1.54, 1.807) is 18.2 Å². The summed E-state index contributed by atoms with van der Waals surface area (Å²) >= 11 is 0. The molecule has 1 amide bonds. The molecule has 2 heterocycles. The molecule has 0 aromatic carbocycles. The van der Waals surface area contributed by atoms with Crippen LogP contribution in [-0.4, -0.2) is 46.0 Å². The standard InChI is InChI=1S/C22H23F4N3O2/c23-21(24)8-5-15(6-9-21)1-2-16-13-28-10-7-18(16)19(30)3-4-20(31)29-14-22(25,26)11-17(29)12-27/h1-2,7,10,13,15,17H,3-6,8-9,11,14H2/b2-1+/t17-/m0/s1. The lowest BCUT2D eigenvalue weighted by molar-refractivity contribution is -0.132. The zero-order chi connectivity index (χ0) is 22.6. The summed E-state index contributed by atoms with van der Waals surface area (Å²) in [5, 5.41) is 9.00. The Bertz CT molecular complexity index is 900. The smallest absolute Gasteiger partial charge is 0.268 e. The quantitative estimate of drug-likeness (QED) is 0.480. The molecule has 2 fully saturated rings. The van der Waals surface area contributed by atoms with Crippen molar-refractivity contribution < 1.29 is 27.2 Å². The largest absolute Gasteiger partial charge is 0.320 e. The number of hydrogen-bond acceptors (Lipinski definition) is 4. The van der Waals surface area contributed by atoms with Crippen LogP contribution in [-0.2, 0) is 4.79 Å². The number of carbonyl (C=O) groups is 2. The number of likely N-dealkylation sites (tertiary alicyclic amines) is 1. The van der Waals surface area contributed by atoms with E-state index in [0.717, 1.165) is 4.90 Å². The highest BCUT2D eigenvalue weighted by Gasteiger charge is 2.47. The summed E-state index contributed by atoms with van der Waals surface area (Å²) in [7, 11) is 0. The van der Waals surface area contributed by atoms with Crippen LogP contribution in [0.3, 0.4) is 0 Å². The lowest BCUT2D eigenvalue weighted by atomic mass is 9.86. The SMILES string of the molecule is N#C[C@@H]1CC(F)(F)CN1C(=O)CCC(=O)c1ccncc1/C=C/C1CCC(F)(F)CC1. The average molecular weight is 437 g/mol. The average Bonchev–Trinajstić information content (AvgIpc) is 3.06. The van der Waals surface area contributed by atoms with E-state index >= 15 is 0 Å². The highest BCUT2D eigenvalue weighted by atomic mass is 19.3. The Morgan fingerprint density at radius 2 is 1.90 bits per heavy atom. The molecule has 0 bridgehead atoms. The van der Waals surface area contributed by atoms with Gasteiger partial charge in [-0.05, 0) is 24.8 Å². The van der Waals surface area contributed by atoms with Crippen molar-refractivity contribution in [2.75, 3.05) is 6.54 Å². The van der Waals surface area contributed by atoms with Crippen molar-refractivity contribution in [3.05, 3.63) is 35.7 Å². The fourth-order valence-corrected chi connectivity index (χ4v) is 3.98. The van der Waals surface area contributed by atoms with Gasteiger partial charge < -0.3 is 4.90 Å². The summed E-state index contributed by atoms with van der Waals surface area (Å²) in [4.78, 5) is 29.8. The lowest BCUT2D eigenvalue weighted by Crippen LogP contribution is -2.36. The van der Waals surface area contributed by atoms with Gasteiger partial charge in [-0.25, -0.2) is 17.6 Å². The summed E-state index contributed by atoms with van der Waals surface area (Å²) in [5.74, 6) is -6.75. The number of hydrogen-bond donors (Lipinski definition) is 0. The molecule has 1 saturated carbocycles. The Hall–Kier alpha value is -2.76. The highest BCUT2D eigenvalue weighted by molar-refractivity contribution is 6.00. The number of rotatable bonds is 6. The van der Waals surface area contributed by atoms with Crippen molar-refractivity contribution in [1.29, 1.82) is 5.26 Å². The van der Waals surface area contributed by atoms with E-state index in [4.69, 9.17) is 5.26 Å². The Kier molecular flexibility index (Phi) is 6.77. The summed E-state index contributed by atoms with van der Waals surface area (Å²) < 4.78 is 53.6. The third kappa shape index (κ3) is 5.90. The van der Waals surface area contributed by atoms with Crippen molar-refractivity contribution in [3.63, 3.8) is 0 Å². The molecule has 31 heavy (non-hydrogen) atoms. The van der Waals surface area contributed by atoms with Gasteiger partial charge in [-0.3, -0.25) is 14.6 Å². The van der Waals surface area contributed by atoms with E-state index in [2.05, 4.69) is 4.98 Å². The molecular weight excluding hydrogens is 414 g/mol. The zero-order valence-corrected chi connectivity index (χ0v) is 16.9. The number of nitrogens with zero attached hydrogens (tertiary/aromatic N) is 3. The lowest BCUT2D eigenvalue weighted by Gasteiger charge is -2.26. The fourth-order valence-electron chi connectivity index (χ4n) is 3.98. The molecule has 1 aromatic heterocycles. The normalized spacial score (nSPS) is 23.1. The Balaban J connectivity index is 1.61. The minimum Gasteiger partial charge on any atom is -0.320 e. The van der Waals surface area contributed by atoms with Crippen LogP contribution in [0.2, 0.25) is 0 Å². The van der Waals surface area contributed by atoms with Crippen molar-refractivity contribution in [3.8, 4) is 6.07 Å². The number of ketones is 1. The van der Waals surface area contributed by atoms with Crippen molar-refractivity contribution >= 4 is 17.8 Å². The second-order valence-electron chi connectivity index (χ2n) is 8.17. The van der Waals surface area contributed by atoms with Crippen LogP contribution >= 0.6 is 0 Å². The number of halogens is 4. The van der Waals surface area contributed by atoms with Gasteiger partial charge in [0.05, 0.1) is 12.6 Å². The maximum atomic E-state index is 13.5. The molecule has 1 saturated heterocycles. The molecule has 9 heteroatoms. The van der Waals surface area contributed by atoms with Crippen molar-refractivity contribution in [1.82, 2.24) is 9.88 Å². The molecule has 166 valence electrons. The van der Waals surface area contributed by atoms with E-state index in [1.807, 2.05) is 0 Å². The van der Waals surface area contributed by atoms with E-state index in [0.29, 0.717) is 24.0 Å². The third-order valence-corrected chi connectivity index (χ3v) is 5.77. The first-order chi connectivity index (χ1) is 14.6. The molecule has 1 aliphatic heterocycles. The van der Waals surface area contributed by atoms with Crippen LogP contribution in [0.1, 0.15) is 60.9 Å². The first kappa shape index (κ1) is 22.9. The minimum atomic E-state index is -3.10. The predicted molar refractivity (Wildman–Crippen MR) is 104 cm³/mol. The van der Waals surface area contributed by atoms with Crippen LogP contribution < -0.4 is 0 Å². The van der Waals surface area contributed by atoms with E-state index in [1.165, 1.54) is 18.5 Å². The summed E-state index contributed by atoms with van der Waals surface area (Å²) in [5.41, 5.74) is 0.837. The van der Waals surface area contributed by atoms with Gasteiger partial charge >= 0.3 is 0 Å². The van der Waals surface area contributed by atoms with Gasteiger partial charge in [0.1, 0.15) is 6.04 Å². The maximum Gasteiger partial charge on any atom is 0.268 e. The fraction of sp³-hybridized carbons (Fsp3) is 0.545. The first-order valence-electron chi connectivity index (χ1n) is 10.2. The van der Waals surface area contributed by atoms with Crippen LogP contribution in [0.4, 0.5) is 17.6 Å². The predicted octanol–water partition coefficient (Wildman–Crippen LogP) is 4.64. The summed E-state index contributed by atoms with van der Waals surface area (Å²) in [6.07, 6.45) is 5.62. The van der Waals surface area contributed by atoms with Crippen LogP contribution in [0.5, 0.6) is 0 Å². The number of amides is 1. The van der Waals surface area contributed by atoms with E-state index < -0.39 is 36.8 Å². The van der Waals surface area contributed by atoms with Gasteiger partial charge in [0.15, 0.2) is 5.78 Å². The van der Waals surface area contributed by atoms with Gasteiger partial charge in [-0.2, -0.15) is 5.26 Å². The van der Waals surface area contributed by atoms with Crippen LogP contribution in [0.25, 0.3) is 6.08 Å². The number of allylic oxidation sites excluding steroid dienone is 1. The van der Waals surface area contributed by atoms with Crippen molar-refractivity contribution in [2.45, 2.75) is 62.8 Å². The molecular formula is C22H23F4N3O2. The summed E-state index contributed by atoms with van der Waals surface area (Å²) in [6, 6.07) is 2.02.